The van der Waals surface area contributed by atoms with Crippen LogP contribution < -0.4 is 4.89 Å². The van der Waals surface area contributed by atoms with Crippen LogP contribution in [0.5, 0.6) is 0 Å². The fraction of sp³-hybridized carbons (Fsp3) is 0.931. The second kappa shape index (κ2) is 21.1. The second-order valence-electron chi connectivity index (χ2n) is 11.1. The Balaban J connectivity index is 3.60. The van der Waals surface area contributed by atoms with Crippen molar-refractivity contribution in [2.75, 3.05) is 21.1 Å². The minimum absolute atomic E-state index is 0.521. The van der Waals surface area contributed by atoms with Crippen LogP contribution in [-0.4, -0.2) is 30.9 Å². The molecule has 0 fully saturated rings. The molecule has 0 amide bonds. The van der Waals surface area contributed by atoms with Gasteiger partial charge in [0.1, 0.15) is 0 Å². The van der Waals surface area contributed by atoms with Crippen molar-refractivity contribution in [1.29, 1.82) is 0 Å². The maximum atomic E-state index is 12.1. The first-order chi connectivity index (χ1) is 15.8. The van der Waals surface area contributed by atoms with E-state index in [1.165, 1.54) is 103 Å². The first-order valence-corrected chi connectivity index (χ1v) is 15.6. The Morgan fingerprint density at radius 1 is 0.606 bits per heavy atom. The molecule has 0 spiro atoms. The fourth-order valence-electron chi connectivity index (χ4n) is 4.99. The smallest absolute Gasteiger partial charge is 0.376 e. The van der Waals surface area contributed by atoms with Crippen molar-refractivity contribution in [3.05, 3.63) is 12.2 Å². The topological polar surface area (TPSA) is 40.1 Å². The molecule has 2 unspecified atom stereocenters. The van der Waals surface area contributed by atoms with E-state index in [0.29, 0.717) is 4.48 Å². The second-order valence-corrected chi connectivity index (χ2v) is 12.5. The third-order valence-corrected chi connectivity index (χ3v) is 9.05. The Kier molecular flexibility index (Phi) is 20.9. The van der Waals surface area contributed by atoms with Gasteiger partial charge in [-0.2, -0.15) is 0 Å². The molecule has 0 rings (SSSR count). The molecule has 0 N–H and O–H groups in total. The largest absolute Gasteiger partial charge is 0.590 e. The third kappa shape index (κ3) is 16.1. The first kappa shape index (κ1) is 32.8. The zero-order valence-electron chi connectivity index (χ0n) is 23.2. The summed E-state index contributed by atoms with van der Waals surface area (Å²) in [5.74, 6) is 0. The molecule has 0 heterocycles. The highest BCUT2D eigenvalue weighted by molar-refractivity contribution is 7.38. The lowest BCUT2D eigenvalue weighted by Crippen LogP contribution is -2.55. The number of hydrogen-bond acceptors (Lipinski definition) is 2. The lowest BCUT2D eigenvalue weighted by Gasteiger charge is -2.39. The Hall–Kier alpha value is -0.240. The minimum Gasteiger partial charge on any atom is -0.590 e. The summed E-state index contributed by atoms with van der Waals surface area (Å²) < 4.78 is 12.6. The van der Waals surface area contributed by atoms with E-state index < -0.39 is 13.3 Å². The zero-order chi connectivity index (χ0) is 24.8. The summed E-state index contributed by atoms with van der Waals surface area (Å²) in [5, 5.41) is -0.591. The molecule has 0 aromatic rings. The highest BCUT2D eigenvalue weighted by Gasteiger charge is 2.53. The molecule has 196 valence electrons. The summed E-state index contributed by atoms with van der Waals surface area (Å²) in [7, 11) is 3.68. The molecule has 3 nitrogen and oxygen atoms in total. The summed E-state index contributed by atoms with van der Waals surface area (Å²) in [5.41, 5.74) is 0. The quantitative estimate of drug-likeness (QED) is 0.0592. The fourth-order valence-corrected chi connectivity index (χ4v) is 6.22. The van der Waals surface area contributed by atoms with Crippen LogP contribution in [0.15, 0.2) is 12.2 Å². The predicted molar refractivity (Wildman–Crippen MR) is 146 cm³/mol. The van der Waals surface area contributed by atoms with Gasteiger partial charge in [-0.25, -0.2) is 0 Å². The normalized spacial score (nSPS) is 14.7. The van der Waals surface area contributed by atoms with Crippen molar-refractivity contribution in [1.82, 2.24) is 0 Å². The lowest BCUT2D eigenvalue weighted by molar-refractivity contribution is -0.910. The van der Waals surface area contributed by atoms with Crippen molar-refractivity contribution in [3.8, 4) is 0 Å². The molecule has 4 heteroatoms. The van der Waals surface area contributed by atoms with E-state index in [9.17, 15) is 9.46 Å². The predicted octanol–water partition coefficient (Wildman–Crippen LogP) is 9.28. The molecule has 0 radical (unpaired) electrons. The van der Waals surface area contributed by atoms with Gasteiger partial charge in [-0.15, -0.1) is 0 Å². The van der Waals surface area contributed by atoms with Crippen molar-refractivity contribution < 1.29 is 13.9 Å². The van der Waals surface area contributed by atoms with E-state index in [-0.39, 0.29) is 0 Å². The Bertz CT molecular complexity index is 487. The van der Waals surface area contributed by atoms with E-state index in [4.69, 9.17) is 0 Å². The number of quaternary nitrogens is 1. The van der Waals surface area contributed by atoms with Gasteiger partial charge < -0.3 is 4.89 Å². The van der Waals surface area contributed by atoms with Crippen LogP contribution >= 0.6 is 8.03 Å². The van der Waals surface area contributed by atoms with Crippen molar-refractivity contribution in [3.63, 3.8) is 0 Å². The van der Waals surface area contributed by atoms with Crippen LogP contribution in [-0.2, 0) is 4.57 Å². The van der Waals surface area contributed by atoms with Gasteiger partial charge in [-0.1, -0.05) is 114 Å². The van der Waals surface area contributed by atoms with Crippen LogP contribution in [0.2, 0.25) is 0 Å². The Morgan fingerprint density at radius 3 is 1.36 bits per heavy atom. The third-order valence-electron chi connectivity index (χ3n) is 7.33. The van der Waals surface area contributed by atoms with Crippen molar-refractivity contribution in [2.24, 2.45) is 0 Å². The van der Waals surface area contributed by atoms with E-state index in [1.54, 1.807) is 0 Å². The summed E-state index contributed by atoms with van der Waals surface area (Å²) in [4.78, 5) is 12.1. The van der Waals surface area contributed by atoms with Crippen LogP contribution in [0.3, 0.4) is 0 Å². The number of nitrogens with zero attached hydrogens (tertiary/aromatic N) is 1. The summed E-state index contributed by atoms with van der Waals surface area (Å²) in [6, 6.07) is 0. The monoisotopic (exact) mass is 484 g/mol. The maximum Gasteiger partial charge on any atom is 0.376 e. The lowest BCUT2D eigenvalue weighted by atomic mass is 9.99. The number of rotatable bonds is 24. The standard InChI is InChI=1S/C29H59NO2P/c1-6-8-9-10-11-12-13-14-15-16-17-18-19-20-21-22-23-24-25-26-28-29(27-7-2,33(31)32)30(3,4)5/h16-17H,6-15,18-28H2,1-5H3/q+1. The zero-order valence-corrected chi connectivity index (χ0v) is 24.1. The molecule has 0 aliphatic heterocycles. The molecule has 0 saturated carbocycles. The van der Waals surface area contributed by atoms with E-state index >= 15 is 0 Å². The molecule has 33 heavy (non-hydrogen) atoms. The molecule has 0 aliphatic rings. The van der Waals surface area contributed by atoms with Gasteiger partial charge in [0.25, 0.3) is 5.28 Å². The van der Waals surface area contributed by atoms with Gasteiger partial charge in [0.15, 0.2) is 0 Å². The van der Waals surface area contributed by atoms with Gasteiger partial charge in [0.05, 0.1) is 21.1 Å². The van der Waals surface area contributed by atoms with Crippen molar-refractivity contribution in [2.45, 2.75) is 154 Å². The number of hydrogen-bond donors (Lipinski definition) is 0. The summed E-state index contributed by atoms with van der Waals surface area (Å²) in [6.45, 7) is 4.38. The highest BCUT2D eigenvalue weighted by atomic mass is 31.1. The molecular formula is C29H59NO2P+. The molecule has 0 aromatic heterocycles. The van der Waals surface area contributed by atoms with Crippen LogP contribution in [0.4, 0.5) is 0 Å². The average Bonchev–Trinajstić information content (AvgIpc) is 2.76. The molecule has 0 aliphatic carbocycles. The summed E-state index contributed by atoms with van der Waals surface area (Å²) >= 11 is 0. The van der Waals surface area contributed by atoms with Gasteiger partial charge >= 0.3 is 8.03 Å². The van der Waals surface area contributed by atoms with E-state index in [0.717, 1.165) is 32.1 Å². The molecule has 0 aromatic carbocycles. The molecule has 2 atom stereocenters. The van der Waals surface area contributed by atoms with Crippen LogP contribution in [0.25, 0.3) is 0 Å². The number of unbranched alkanes of at least 4 members (excludes halogenated alkanes) is 16. The summed E-state index contributed by atoms with van der Waals surface area (Å²) in [6.07, 6.45) is 31.1. The maximum absolute atomic E-state index is 12.1. The Morgan fingerprint density at radius 2 is 1.00 bits per heavy atom. The average molecular weight is 485 g/mol. The minimum atomic E-state index is -2.42. The van der Waals surface area contributed by atoms with Gasteiger partial charge in [-0.05, 0) is 38.5 Å². The first-order valence-electron chi connectivity index (χ1n) is 14.4. The van der Waals surface area contributed by atoms with E-state index in [2.05, 4.69) is 26.0 Å². The SMILES string of the molecule is CCCCCCCCCCC=CCCCCCCCCCCC(CCC)([P+](=O)[O-])[N+](C)(C)C. The molecular weight excluding hydrogens is 425 g/mol. The van der Waals surface area contributed by atoms with Crippen LogP contribution in [0, 0.1) is 0 Å². The Labute approximate surface area is 209 Å². The molecule has 0 saturated heterocycles. The highest BCUT2D eigenvalue weighted by Crippen LogP contribution is 2.45. The molecule has 0 bridgehead atoms. The van der Waals surface area contributed by atoms with Gasteiger partial charge in [0, 0.05) is 12.8 Å². The van der Waals surface area contributed by atoms with Crippen LogP contribution in [0.1, 0.15) is 149 Å². The van der Waals surface area contributed by atoms with E-state index in [1.807, 2.05) is 21.1 Å². The van der Waals surface area contributed by atoms with Gasteiger partial charge in [-0.3, -0.25) is 4.48 Å². The van der Waals surface area contributed by atoms with Crippen molar-refractivity contribution >= 4 is 8.03 Å². The van der Waals surface area contributed by atoms with Gasteiger partial charge in [0.2, 0.25) is 0 Å². The number of allylic oxidation sites excluding steroid dienone is 2.